The van der Waals surface area contributed by atoms with E-state index < -0.39 is 0 Å². The van der Waals surface area contributed by atoms with Crippen molar-refractivity contribution in [3.63, 3.8) is 0 Å². The molecule has 22 heavy (non-hydrogen) atoms. The number of benzene rings is 2. The monoisotopic (exact) mass is 302 g/mol. The first kappa shape index (κ1) is 13.2. The first-order valence-electron chi connectivity index (χ1n) is 7.17. The van der Waals surface area contributed by atoms with Crippen LogP contribution in [0.3, 0.4) is 0 Å². The SMILES string of the molecule is Cc1ccc(-c2csc(-c3cncc4ccccc34)n2)cc1. The molecule has 0 radical (unpaired) electrons. The maximum Gasteiger partial charge on any atom is 0.126 e. The highest BCUT2D eigenvalue weighted by Crippen LogP contribution is 2.32. The maximum absolute atomic E-state index is 4.81. The third-order valence-electron chi connectivity index (χ3n) is 3.75. The standard InChI is InChI=1S/C19H14N2S/c1-13-6-8-14(9-7-13)18-12-22-19(21-18)17-11-20-10-15-4-2-3-5-16(15)17/h2-12H,1H3. The average molecular weight is 302 g/mol. The average Bonchev–Trinajstić information content (AvgIpc) is 3.05. The molecule has 0 atom stereocenters. The van der Waals surface area contributed by atoms with Crippen molar-refractivity contribution < 1.29 is 0 Å². The molecule has 0 spiro atoms. The summed E-state index contributed by atoms with van der Waals surface area (Å²) >= 11 is 1.67. The van der Waals surface area contributed by atoms with E-state index in [1.165, 1.54) is 10.9 Å². The molecule has 2 aromatic heterocycles. The van der Waals surface area contributed by atoms with Gasteiger partial charge in [0, 0.05) is 34.3 Å². The lowest BCUT2D eigenvalue weighted by molar-refractivity contribution is 1.34. The van der Waals surface area contributed by atoms with Gasteiger partial charge >= 0.3 is 0 Å². The normalized spacial score (nSPS) is 11.0. The Morgan fingerprint density at radius 2 is 1.73 bits per heavy atom. The Hall–Kier alpha value is -2.52. The highest BCUT2D eigenvalue weighted by atomic mass is 32.1. The fourth-order valence-corrected chi connectivity index (χ4v) is 3.39. The van der Waals surface area contributed by atoms with Crippen LogP contribution in [0.4, 0.5) is 0 Å². The van der Waals surface area contributed by atoms with Crippen molar-refractivity contribution in [1.29, 1.82) is 0 Å². The number of rotatable bonds is 2. The quantitative estimate of drug-likeness (QED) is 0.500. The Bertz CT molecular complexity index is 934. The third kappa shape index (κ3) is 2.30. The Balaban J connectivity index is 1.82. The first-order valence-corrected chi connectivity index (χ1v) is 8.05. The van der Waals surface area contributed by atoms with Crippen molar-refractivity contribution in [3.8, 4) is 21.8 Å². The van der Waals surface area contributed by atoms with E-state index in [1.54, 1.807) is 11.3 Å². The van der Waals surface area contributed by atoms with Gasteiger partial charge in [-0.3, -0.25) is 4.98 Å². The molecule has 0 aliphatic rings. The van der Waals surface area contributed by atoms with E-state index in [-0.39, 0.29) is 0 Å². The molecule has 0 N–H and O–H groups in total. The Morgan fingerprint density at radius 3 is 2.59 bits per heavy atom. The number of nitrogens with zero attached hydrogens (tertiary/aromatic N) is 2. The molecule has 4 rings (SSSR count). The number of aryl methyl sites for hydroxylation is 1. The number of hydrogen-bond acceptors (Lipinski definition) is 3. The van der Waals surface area contributed by atoms with Crippen molar-refractivity contribution in [3.05, 3.63) is 71.9 Å². The molecular formula is C19H14N2S. The minimum Gasteiger partial charge on any atom is -0.263 e. The van der Waals surface area contributed by atoms with E-state index in [2.05, 4.69) is 59.8 Å². The fraction of sp³-hybridized carbons (Fsp3) is 0.0526. The molecule has 2 heterocycles. The van der Waals surface area contributed by atoms with E-state index in [4.69, 9.17) is 4.98 Å². The van der Waals surface area contributed by atoms with Gasteiger partial charge in [0.05, 0.1) is 5.69 Å². The zero-order valence-corrected chi connectivity index (χ0v) is 13.0. The van der Waals surface area contributed by atoms with E-state index in [1.807, 2.05) is 18.5 Å². The minimum atomic E-state index is 1.01. The van der Waals surface area contributed by atoms with Crippen LogP contribution >= 0.6 is 11.3 Å². The van der Waals surface area contributed by atoms with Gasteiger partial charge in [-0.05, 0) is 12.3 Å². The summed E-state index contributed by atoms with van der Waals surface area (Å²) in [5.41, 5.74) is 4.54. The predicted molar refractivity (Wildman–Crippen MR) is 93.0 cm³/mol. The molecule has 0 bridgehead atoms. The number of pyridine rings is 1. The molecule has 0 saturated carbocycles. The predicted octanol–water partition coefficient (Wildman–Crippen LogP) is 5.33. The highest BCUT2D eigenvalue weighted by molar-refractivity contribution is 7.13. The van der Waals surface area contributed by atoms with E-state index in [9.17, 15) is 0 Å². The lowest BCUT2D eigenvalue weighted by atomic mass is 10.1. The van der Waals surface area contributed by atoms with Gasteiger partial charge < -0.3 is 0 Å². The molecular weight excluding hydrogens is 288 g/mol. The molecule has 2 nitrogen and oxygen atoms in total. The lowest BCUT2D eigenvalue weighted by Gasteiger charge is -2.02. The van der Waals surface area contributed by atoms with Gasteiger partial charge in [-0.25, -0.2) is 4.98 Å². The molecule has 2 aromatic carbocycles. The summed E-state index contributed by atoms with van der Waals surface area (Å²) in [6.45, 7) is 2.10. The zero-order valence-electron chi connectivity index (χ0n) is 12.2. The van der Waals surface area contributed by atoms with Crippen LogP contribution in [-0.4, -0.2) is 9.97 Å². The first-order chi connectivity index (χ1) is 10.8. The number of aromatic nitrogens is 2. The number of fused-ring (bicyclic) bond motifs is 1. The Labute approximate surface area is 133 Å². The van der Waals surface area contributed by atoms with Gasteiger partial charge in [0.15, 0.2) is 0 Å². The van der Waals surface area contributed by atoms with Gasteiger partial charge in [-0.15, -0.1) is 11.3 Å². The van der Waals surface area contributed by atoms with Gasteiger partial charge in [0.1, 0.15) is 5.01 Å². The van der Waals surface area contributed by atoms with Crippen LogP contribution in [0.5, 0.6) is 0 Å². The molecule has 106 valence electrons. The second-order valence-electron chi connectivity index (χ2n) is 5.31. The molecule has 0 fully saturated rings. The molecule has 3 heteroatoms. The molecule has 0 aliphatic heterocycles. The molecule has 0 unspecified atom stereocenters. The van der Waals surface area contributed by atoms with Gasteiger partial charge in [0.25, 0.3) is 0 Å². The van der Waals surface area contributed by atoms with Crippen molar-refractivity contribution >= 4 is 22.1 Å². The van der Waals surface area contributed by atoms with Crippen LogP contribution in [0.25, 0.3) is 32.6 Å². The van der Waals surface area contributed by atoms with Crippen LogP contribution < -0.4 is 0 Å². The maximum atomic E-state index is 4.81. The van der Waals surface area contributed by atoms with Crippen LogP contribution in [0, 0.1) is 6.92 Å². The molecule has 4 aromatic rings. The summed E-state index contributed by atoms with van der Waals surface area (Å²) in [7, 11) is 0. The van der Waals surface area contributed by atoms with Crippen LogP contribution in [-0.2, 0) is 0 Å². The van der Waals surface area contributed by atoms with E-state index in [0.717, 1.165) is 27.2 Å². The van der Waals surface area contributed by atoms with Crippen LogP contribution in [0.2, 0.25) is 0 Å². The topological polar surface area (TPSA) is 25.8 Å². The smallest absolute Gasteiger partial charge is 0.126 e. The number of hydrogen-bond donors (Lipinski definition) is 0. The van der Waals surface area contributed by atoms with Crippen molar-refractivity contribution in [2.24, 2.45) is 0 Å². The molecule has 0 aliphatic carbocycles. The third-order valence-corrected chi connectivity index (χ3v) is 4.63. The molecule has 0 amide bonds. The fourth-order valence-electron chi connectivity index (χ4n) is 2.54. The lowest BCUT2D eigenvalue weighted by Crippen LogP contribution is -1.84. The largest absolute Gasteiger partial charge is 0.263 e. The van der Waals surface area contributed by atoms with Gasteiger partial charge in [-0.1, -0.05) is 54.1 Å². The highest BCUT2D eigenvalue weighted by Gasteiger charge is 2.10. The summed E-state index contributed by atoms with van der Waals surface area (Å²) in [6, 6.07) is 16.8. The zero-order chi connectivity index (χ0) is 14.9. The molecule has 0 saturated heterocycles. The summed E-state index contributed by atoms with van der Waals surface area (Å²) in [5, 5.41) is 5.47. The summed E-state index contributed by atoms with van der Waals surface area (Å²) in [4.78, 5) is 9.16. The van der Waals surface area contributed by atoms with Crippen molar-refractivity contribution in [2.45, 2.75) is 6.92 Å². The van der Waals surface area contributed by atoms with Crippen LogP contribution in [0.15, 0.2) is 66.3 Å². The van der Waals surface area contributed by atoms with Gasteiger partial charge in [0.2, 0.25) is 0 Å². The summed E-state index contributed by atoms with van der Waals surface area (Å²) < 4.78 is 0. The summed E-state index contributed by atoms with van der Waals surface area (Å²) in [6.07, 6.45) is 3.80. The van der Waals surface area contributed by atoms with Gasteiger partial charge in [-0.2, -0.15) is 0 Å². The van der Waals surface area contributed by atoms with E-state index >= 15 is 0 Å². The van der Waals surface area contributed by atoms with E-state index in [0.29, 0.717) is 0 Å². The van der Waals surface area contributed by atoms with Crippen molar-refractivity contribution in [2.75, 3.05) is 0 Å². The second-order valence-corrected chi connectivity index (χ2v) is 6.17. The van der Waals surface area contributed by atoms with Crippen LogP contribution in [0.1, 0.15) is 5.56 Å². The summed E-state index contributed by atoms with van der Waals surface area (Å²) in [5.74, 6) is 0. The number of thiazole rings is 1. The second kappa shape index (κ2) is 5.35. The van der Waals surface area contributed by atoms with Crippen molar-refractivity contribution in [1.82, 2.24) is 9.97 Å². The Morgan fingerprint density at radius 1 is 0.909 bits per heavy atom. The minimum absolute atomic E-state index is 1.01. The Kier molecular flexibility index (Phi) is 3.20.